The van der Waals surface area contributed by atoms with Crippen LogP contribution in [0.5, 0.6) is 0 Å². The van der Waals surface area contributed by atoms with E-state index in [0.29, 0.717) is 12.8 Å². The minimum atomic E-state index is -0.893. The van der Waals surface area contributed by atoms with Gasteiger partial charge in [0.2, 0.25) is 5.91 Å². The lowest BCUT2D eigenvalue weighted by Crippen LogP contribution is -2.50. The van der Waals surface area contributed by atoms with Crippen molar-refractivity contribution >= 4 is 27.8 Å². The Labute approximate surface area is 134 Å². The lowest BCUT2D eigenvalue weighted by atomic mass is 9.87. The van der Waals surface area contributed by atoms with Crippen LogP contribution in [-0.4, -0.2) is 22.5 Å². The fourth-order valence-corrected chi connectivity index (χ4v) is 2.55. The third-order valence-corrected chi connectivity index (χ3v) is 4.52. The number of halogens is 1. The number of nitrogens with one attached hydrogen (secondary N) is 1. The molecule has 1 unspecified atom stereocenters. The van der Waals surface area contributed by atoms with Crippen LogP contribution in [0, 0.1) is 0 Å². The highest BCUT2D eigenvalue weighted by molar-refractivity contribution is 9.10. The maximum atomic E-state index is 12.4. The van der Waals surface area contributed by atoms with Crippen LogP contribution in [-0.2, 0) is 9.59 Å². The van der Waals surface area contributed by atoms with Crippen molar-refractivity contribution in [3.63, 3.8) is 0 Å². The van der Waals surface area contributed by atoms with Gasteiger partial charge in [-0.05, 0) is 37.5 Å². The van der Waals surface area contributed by atoms with E-state index in [-0.39, 0.29) is 18.2 Å². The molecule has 2 N–H and O–H groups in total. The van der Waals surface area contributed by atoms with Gasteiger partial charge in [0.25, 0.3) is 0 Å². The topological polar surface area (TPSA) is 66.4 Å². The number of carboxylic acid groups (broad SMARTS) is 1. The molecule has 0 fully saturated rings. The van der Waals surface area contributed by atoms with Crippen molar-refractivity contribution in [2.75, 3.05) is 0 Å². The van der Waals surface area contributed by atoms with Gasteiger partial charge in [0.05, 0.1) is 12.3 Å². The first-order valence-electron chi connectivity index (χ1n) is 7.13. The van der Waals surface area contributed by atoms with Gasteiger partial charge in [-0.2, -0.15) is 0 Å². The van der Waals surface area contributed by atoms with Crippen LogP contribution in [0.2, 0.25) is 0 Å². The smallest absolute Gasteiger partial charge is 0.305 e. The molecule has 0 radical (unpaired) electrons. The van der Waals surface area contributed by atoms with Gasteiger partial charge in [0.15, 0.2) is 0 Å². The number of rotatable bonds is 7. The number of hydrogen-bond acceptors (Lipinski definition) is 2. The maximum Gasteiger partial charge on any atom is 0.305 e. The lowest BCUT2D eigenvalue weighted by molar-refractivity contribution is -0.139. The number of hydrogen-bond donors (Lipinski definition) is 2. The first kappa shape index (κ1) is 17.7. The quantitative estimate of drug-likeness (QED) is 0.783. The van der Waals surface area contributed by atoms with E-state index in [1.165, 1.54) is 0 Å². The number of aliphatic carboxylic acids is 1. The summed E-state index contributed by atoms with van der Waals surface area (Å²) in [4.78, 5) is 23.5. The van der Waals surface area contributed by atoms with Crippen LogP contribution in [0.25, 0.3) is 0 Å². The molecular formula is C16H22BrNO3. The summed E-state index contributed by atoms with van der Waals surface area (Å²) in [6, 6.07) is 7.57. The van der Waals surface area contributed by atoms with E-state index < -0.39 is 11.5 Å². The van der Waals surface area contributed by atoms with Gasteiger partial charge >= 0.3 is 5.97 Å². The highest BCUT2D eigenvalue weighted by atomic mass is 79.9. The van der Waals surface area contributed by atoms with E-state index in [0.717, 1.165) is 10.0 Å². The molecule has 0 spiro atoms. The number of benzene rings is 1. The third kappa shape index (κ3) is 4.84. The summed E-state index contributed by atoms with van der Waals surface area (Å²) in [6.07, 6.45) is 1.13. The van der Waals surface area contributed by atoms with Crippen molar-refractivity contribution in [3.05, 3.63) is 34.3 Å². The Kier molecular flexibility index (Phi) is 6.40. The summed E-state index contributed by atoms with van der Waals surface area (Å²) in [5, 5.41) is 12.0. The average molecular weight is 356 g/mol. The number of amides is 1. The molecular weight excluding hydrogens is 334 g/mol. The number of carboxylic acids is 1. The molecule has 0 aliphatic rings. The van der Waals surface area contributed by atoms with Crippen LogP contribution < -0.4 is 5.32 Å². The molecule has 0 aliphatic heterocycles. The summed E-state index contributed by atoms with van der Waals surface area (Å²) in [5.74, 6) is -1.35. The zero-order chi connectivity index (χ0) is 16.0. The van der Waals surface area contributed by atoms with Crippen LogP contribution in [0.4, 0.5) is 0 Å². The van der Waals surface area contributed by atoms with E-state index in [1.807, 2.05) is 45.0 Å². The van der Waals surface area contributed by atoms with Gasteiger partial charge in [-0.15, -0.1) is 0 Å². The Bertz CT molecular complexity index is 495. The van der Waals surface area contributed by atoms with E-state index >= 15 is 0 Å². The fraction of sp³-hybridized carbons (Fsp3) is 0.500. The van der Waals surface area contributed by atoms with Crippen LogP contribution in [0.3, 0.4) is 0 Å². The van der Waals surface area contributed by atoms with Crippen LogP contribution in [0.15, 0.2) is 28.7 Å². The maximum absolute atomic E-state index is 12.4. The zero-order valence-corrected chi connectivity index (χ0v) is 14.2. The Morgan fingerprint density at radius 2 is 1.76 bits per heavy atom. The minimum absolute atomic E-state index is 0.0567. The van der Waals surface area contributed by atoms with Crippen molar-refractivity contribution in [3.8, 4) is 0 Å². The second-order valence-corrected chi connectivity index (χ2v) is 6.24. The summed E-state index contributed by atoms with van der Waals surface area (Å²) >= 11 is 3.36. The van der Waals surface area contributed by atoms with Crippen molar-refractivity contribution in [2.45, 2.75) is 51.5 Å². The van der Waals surface area contributed by atoms with Gasteiger partial charge in [-0.3, -0.25) is 9.59 Å². The largest absolute Gasteiger partial charge is 0.481 e. The van der Waals surface area contributed by atoms with Gasteiger partial charge in [0.1, 0.15) is 0 Å². The number of carbonyl (C=O) groups excluding carboxylic acids is 1. The van der Waals surface area contributed by atoms with Crippen molar-refractivity contribution < 1.29 is 14.7 Å². The Morgan fingerprint density at radius 3 is 2.19 bits per heavy atom. The normalized spacial score (nSPS) is 12.8. The van der Waals surface area contributed by atoms with Gasteiger partial charge in [0, 0.05) is 10.0 Å². The molecule has 0 saturated carbocycles. The molecule has 21 heavy (non-hydrogen) atoms. The molecule has 0 saturated heterocycles. The summed E-state index contributed by atoms with van der Waals surface area (Å²) in [7, 11) is 0. The summed E-state index contributed by atoms with van der Waals surface area (Å²) in [6.45, 7) is 5.63. The lowest BCUT2D eigenvalue weighted by Gasteiger charge is -2.32. The van der Waals surface area contributed by atoms with Crippen molar-refractivity contribution in [1.29, 1.82) is 0 Å². The molecule has 1 rings (SSSR count). The van der Waals surface area contributed by atoms with Gasteiger partial charge < -0.3 is 10.4 Å². The molecule has 5 heteroatoms. The zero-order valence-electron chi connectivity index (χ0n) is 12.6. The fourth-order valence-electron chi connectivity index (χ4n) is 2.28. The first-order chi connectivity index (χ1) is 9.83. The molecule has 1 amide bonds. The molecule has 0 aliphatic carbocycles. The average Bonchev–Trinajstić information content (AvgIpc) is 2.46. The molecule has 0 bridgehead atoms. The second-order valence-electron chi connectivity index (χ2n) is 5.32. The minimum Gasteiger partial charge on any atom is -0.481 e. The first-order valence-corrected chi connectivity index (χ1v) is 7.92. The Morgan fingerprint density at radius 1 is 1.24 bits per heavy atom. The van der Waals surface area contributed by atoms with E-state index in [9.17, 15) is 9.59 Å². The molecule has 4 nitrogen and oxygen atoms in total. The second kappa shape index (κ2) is 7.59. The molecule has 0 heterocycles. The van der Waals surface area contributed by atoms with Crippen LogP contribution >= 0.6 is 15.9 Å². The molecule has 116 valence electrons. The molecule has 1 atom stereocenters. The standard InChI is InChI=1S/C16H22BrNO3/c1-4-16(5-2,10-14(19)20)18-15(21)11(3)12-6-8-13(17)9-7-12/h6-9,11H,4-5,10H2,1-3H3,(H,18,21)(H,19,20). The SMILES string of the molecule is CCC(CC)(CC(=O)O)NC(=O)C(C)c1ccc(Br)cc1. The monoisotopic (exact) mass is 355 g/mol. The highest BCUT2D eigenvalue weighted by Crippen LogP contribution is 2.24. The third-order valence-electron chi connectivity index (χ3n) is 3.99. The highest BCUT2D eigenvalue weighted by Gasteiger charge is 2.32. The van der Waals surface area contributed by atoms with Crippen LogP contribution in [0.1, 0.15) is 51.5 Å². The molecule has 1 aromatic rings. The van der Waals surface area contributed by atoms with E-state index in [2.05, 4.69) is 21.2 Å². The van der Waals surface area contributed by atoms with Gasteiger partial charge in [-0.1, -0.05) is 41.9 Å². The van der Waals surface area contributed by atoms with E-state index in [1.54, 1.807) is 0 Å². The molecule has 1 aromatic carbocycles. The predicted molar refractivity (Wildman–Crippen MR) is 86.3 cm³/mol. The van der Waals surface area contributed by atoms with Gasteiger partial charge in [-0.25, -0.2) is 0 Å². The number of carbonyl (C=O) groups is 2. The molecule has 0 aromatic heterocycles. The summed E-state index contributed by atoms with van der Waals surface area (Å²) < 4.78 is 0.959. The Balaban J connectivity index is 2.86. The predicted octanol–water partition coefficient (Wildman–Crippen LogP) is 3.70. The summed E-state index contributed by atoms with van der Waals surface area (Å²) in [5.41, 5.74) is 0.235. The van der Waals surface area contributed by atoms with Crippen molar-refractivity contribution in [2.24, 2.45) is 0 Å². The van der Waals surface area contributed by atoms with Crippen molar-refractivity contribution in [1.82, 2.24) is 5.32 Å². The van der Waals surface area contributed by atoms with E-state index in [4.69, 9.17) is 5.11 Å². The Hall–Kier alpha value is -1.36.